The zero-order valence-electron chi connectivity index (χ0n) is 24.0. The van der Waals surface area contributed by atoms with Crippen LogP contribution in [0.3, 0.4) is 0 Å². The van der Waals surface area contributed by atoms with Crippen molar-refractivity contribution in [2.75, 3.05) is 11.1 Å². The minimum atomic E-state index is -0.361. The summed E-state index contributed by atoms with van der Waals surface area (Å²) in [6, 6.07) is 12.6. The normalized spacial score (nSPS) is 10.1. The van der Waals surface area contributed by atoms with Crippen LogP contribution in [0.2, 0.25) is 0 Å². The van der Waals surface area contributed by atoms with E-state index in [2.05, 4.69) is 109 Å². The number of hydrogen-bond donors (Lipinski definition) is 2. The third kappa shape index (κ3) is 13.4. The average Bonchev–Trinajstić information content (AvgIpc) is 2.74. The Labute approximate surface area is 220 Å². The van der Waals surface area contributed by atoms with Gasteiger partial charge in [0, 0.05) is 25.2 Å². The lowest BCUT2D eigenvalue weighted by molar-refractivity contribution is -0.114. The van der Waals surface area contributed by atoms with Gasteiger partial charge in [-0.15, -0.1) is 0 Å². The van der Waals surface area contributed by atoms with Crippen LogP contribution in [0.1, 0.15) is 129 Å². The Morgan fingerprint density at radius 3 is 1.17 bits per heavy atom. The molecule has 0 atom stereocenters. The van der Waals surface area contributed by atoms with Crippen LogP contribution < -0.4 is 11.1 Å². The van der Waals surface area contributed by atoms with E-state index in [1.807, 2.05) is 13.8 Å². The Bertz CT molecular complexity index is 847. The molecule has 2 aromatic carbocycles. The molecule has 198 valence electrons. The van der Waals surface area contributed by atoms with Gasteiger partial charge >= 0.3 is 0 Å². The highest BCUT2D eigenvalue weighted by Crippen LogP contribution is 2.32. The molecule has 0 saturated heterocycles. The van der Waals surface area contributed by atoms with E-state index >= 15 is 0 Å². The van der Waals surface area contributed by atoms with Gasteiger partial charge in [-0.3, -0.25) is 9.59 Å². The molecule has 0 radical (unpaired) electrons. The highest BCUT2D eigenvalue weighted by atomic mass is 35.5. The van der Waals surface area contributed by atoms with Gasteiger partial charge in [-0.05, 0) is 57.5 Å². The van der Waals surface area contributed by atoms with Crippen molar-refractivity contribution in [3.63, 3.8) is 0 Å². The van der Waals surface area contributed by atoms with Gasteiger partial charge in [0.2, 0.25) is 11.1 Å². The van der Waals surface area contributed by atoms with Gasteiger partial charge in [-0.2, -0.15) is 0 Å². The van der Waals surface area contributed by atoms with Gasteiger partial charge in [0.15, 0.2) is 0 Å². The Morgan fingerprint density at radius 2 is 0.943 bits per heavy atom. The summed E-state index contributed by atoms with van der Waals surface area (Å²) < 4.78 is 0. The maximum Gasteiger partial charge on any atom is 0.221 e. The summed E-state index contributed by atoms with van der Waals surface area (Å²) in [5, 5.41) is 2.60. The number of anilines is 2. The molecule has 0 aliphatic carbocycles. The maximum atomic E-state index is 11.3. The summed E-state index contributed by atoms with van der Waals surface area (Å²) in [6.45, 7) is 24.1. The Morgan fingerprint density at radius 1 is 0.686 bits per heavy atom. The van der Waals surface area contributed by atoms with E-state index in [1.54, 1.807) is 6.92 Å². The Balaban J connectivity index is 0. The van der Waals surface area contributed by atoms with Crippen molar-refractivity contribution in [2.45, 2.75) is 107 Å². The molecule has 0 spiro atoms. The standard InChI is InChI=1S/C14H21NO.C12H19N.C2H3ClO.C2H6/c1-9(2)12-7-6-8-13(10(3)4)14(12)15-11(5)16;1-8(2)10-6-5-7-11(9(3)4)12(10)13;1-2(3)4;1-2/h6-10H,1-5H3,(H,15,16);5-9H,13H2,1-4H3;1H3;1-2H3. The third-order valence-electron chi connectivity index (χ3n) is 5.09. The number of carbonyl (C=O) groups is 2. The topological polar surface area (TPSA) is 72.2 Å². The zero-order chi connectivity index (χ0) is 27.9. The number of rotatable bonds is 5. The van der Waals surface area contributed by atoms with Crippen molar-refractivity contribution in [1.29, 1.82) is 0 Å². The Hall–Kier alpha value is -2.33. The van der Waals surface area contributed by atoms with E-state index in [9.17, 15) is 9.59 Å². The van der Waals surface area contributed by atoms with Gasteiger partial charge in [-0.1, -0.05) is 106 Å². The molecule has 2 aromatic rings. The summed E-state index contributed by atoms with van der Waals surface area (Å²) in [5.74, 6) is 1.86. The van der Waals surface area contributed by atoms with Crippen LogP contribution in [0.15, 0.2) is 36.4 Å². The van der Waals surface area contributed by atoms with Crippen molar-refractivity contribution < 1.29 is 9.59 Å². The summed E-state index contributed by atoms with van der Waals surface area (Å²) in [7, 11) is 0. The molecule has 2 rings (SSSR count). The molecule has 0 aromatic heterocycles. The molecule has 0 unspecified atom stereocenters. The van der Waals surface area contributed by atoms with Gasteiger partial charge in [0.1, 0.15) is 0 Å². The van der Waals surface area contributed by atoms with Gasteiger partial charge in [0.25, 0.3) is 0 Å². The lowest BCUT2D eigenvalue weighted by Crippen LogP contribution is -2.12. The zero-order valence-corrected chi connectivity index (χ0v) is 24.8. The monoisotopic (exact) mass is 504 g/mol. The van der Waals surface area contributed by atoms with Gasteiger partial charge in [0.05, 0.1) is 0 Å². The molecular formula is C30H49ClN2O2. The van der Waals surface area contributed by atoms with E-state index in [0.29, 0.717) is 23.7 Å². The van der Waals surface area contributed by atoms with Gasteiger partial charge in [-0.25, -0.2) is 0 Å². The van der Waals surface area contributed by atoms with Crippen molar-refractivity contribution in [3.8, 4) is 0 Å². The van der Waals surface area contributed by atoms with Crippen LogP contribution in [-0.4, -0.2) is 11.1 Å². The molecular weight excluding hydrogens is 456 g/mol. The summed E-state index contributed by atoms with van der Waals surface area (Å²) in [5.41, 5.74) is 13.0. The number of para-hydroxylation sites is 2. The largest absolute Gasteiger partial charge is 0.398 e. The predicted molar refractivity (Wildman–Crippen MR) is 156 cm³/mol. The van der Waals surface area contributed by atoms with E-state index in [-0.39, 0.29) is 11.1 Å². The van der Waals surface area contributed by atoms with Crippen LogP contribution in [0.4, 0.5) is 11.4 Å². The van der Waals surface area contributed by atoms with E-state index < -0.39 is 0 Å². The fourth-order valence-corrected chi connectivity index (χ4v) is 3.48. The second kappa shape index (κ2) is 18.0. The second-order valence-electron chi connectivity index (χ2n) is 9.43. The SMILES string of the molecule is CC.CC(=O)Cl.CC(=O)Nc1c(C(C)C)cccc1C(C)C.CC(C)c1cccc(C(C)C)c1N. The highest BCUT2D eigenvalue weighted by Gasteiger charge is 2.14. The van der Waals surface area contributed by atoms with Crippen molar-refractivity contribution in [1.82, 2.24) is 0 Å². The van der Waals surface area contributed by atoms with Crippen molar-refractivity contribution in [3.05, 3.63) is 58.7 Å². The van der Waals surface area contributed by atoms with Crippen molar-refractivity contribution >= 4 is 34.1 Å². The van der Waals surface area contributed by atoms with Crippen LogP contribution in [0, 0.1) is 0 Å². The molecule has 0 aliphatic rings. The second-order valence-corrected chi connectivity index (χ2v) is 9.96. The van der Waals surface area contributed by atoms with E-state index in [0.717, 1.165) is 11.4 Å². The number of nitrogens with one attached hydrogen (secondary N) is 1. The quantitative estimate of drug-likeness (QED) is 0.314. The molecule has 3 N–H and O–H groups in total. The van der Waals surface area contributed by atoms with Gasteiger partial charge < -0.3 is 11.1 Å². The van der Waals surface area contributed by atoms with Crippen molar-refractivity contribution in [2.24, 2.45) is 0 Å². The number of amides is 1. The minimum absolute atomic E-state index is 0.00463. The fourth-order valence-electron chi connectivity index (χ4n) is 3.48. The first-order valence-electron chi connectivity index (χ1n) is 12.6. The fraction of sp³-hybridized carbons (Fsp3) is 0.533. The molecule has 0 heterocycles. The first kappa shape index (κ1) is 34.8. The van der Waals surface area contributed by atoms with Crippen LogP contribution in [-0.2, 0) is 9.59 Å². The van der Waals surface area contributed by atoms with Crippen LogP contribution in [0.5, 0.6) is 0 Å². The molecule has 4 nitrogen and oxygen atoms in total. The molecule has 0 aliphatic heterocycles. The van der Waals surface area contributed by atoms with Crippen LogP contribution in [0.25, 0.3) is 0 Å². The maximum absolute atomic E-state index is 11.3. The molecule has 35 heavy (non-hydrogen) atoms. The summed E-state index contributed by atoms with van der Waals surface area (Å²) >= 11 is 4.64. The molecule has 0 bridgehead atoms. The first-order chi connectivity index (χ1) is 16.2. The number of carbonyl (C=O) groups excluding carboxylic acids is 2. The smallest absolute Gasteiger partial charge is 0.221 e. The lowest BCUT2D eigenvalue weighted by atomic mass is 9.92. The van der Waals surface area contributed by atoms with E-state index in [4.69, 9.17) is 5.73 Å². The summed E-state index contributed by atoms with van der Waals surface area (Å²) in [4.78, 5) is 20.5. The molecule has 5 heteroatoms. The number of benzene rings is 2. The first-order valence-corrected chi connectivity index (χ1v) is 13.0. The third-order valence-corrected chi connectivity index (χ3v) is 5.09. The average molecular weight is 505 g/mol. The number of hydrogen-bond acceptors (Lipinski definition) is 3. The minimum Gasteiger partial charge on any atom is -0.398 e. The Kier molecular flexibility index (Phi) is 17.9. The highest BCUT2D eigenvalue weighted by molar-refractivity contribution is 6.62. The lowest BCUT2D eigenvalue weighted by Gasteiger charge is -2.19. The van der Waals surface area contributed by atoms with E-state index in [1.165, 1.54) is 29.2 Å². The van der Waals surface area contributed by atoms with Crippen LogP contribution >= 0.6 is 11.6 Å². The molecule has 0 fully saturated rings. The predicted octanol–water partition coefficient (Wildman–Crippen LogP) is 9.21. The number of nitrogen functional groups attached to an aromatic ring is 1. The molecule has 0 saturated carbocycles. The molecule has 1 amide bonds. The number of halogens is 1. The summed E-state index contributed by atoms with van der Waals surface area (Å²) in [6.07, 6.45) is 0. The number of nitrogens with two attached hydrogens (primary N) is 1.